The van der Waals surface area contributed by atoms with E-state index in [1.807, 2.05) is 12.1 Å². The van der Waals surface area contributed by atoms with Crippen molar-refractivity contribution in [2.75, 3.05) is 46.3 Å². The Morgan fingerprint density at radius 2 is 1.55 bits per heavy atom. The van der Waals surface area contributed by atoms with Crippen molar-refractivity contribution in [3.8, 4) is 0 Å². The molecule has 0 radical (unpaired) electrons. The van der Waals surface area contributed by atoms with E-state index in [1.165, 1.54) is 31.1 Å². The first-order valence-corrected chi connectivity index (χ1v) is 8.27. The molecule has 0 atom stereocenters. The number of nitrogens with one attached hydrogen (secondary N) is 2. The highest BCUT2D eigenvalue weighted by molar-refractivity contribution is 6.21. The Hall–Kier alpha value is -1.72. The van der Waals surface area contributed by atoms with E-state index >= 15 is 0 Å². The number of benzene rings is 1. The van der Waals surface area contributed by atoms with Crippen molar-refractivity contribution in [1.29, 1.82) is 0 Å². The van der Waals surface area contributed by atoms with Gasteiger partial charge in [0.2, 0.25) is 0 Å². The van der Waals surface area contributed by atoms with Crippen LogP contribution in [-0.2, 0) is 0 Å². The number of unbranched alkanes of at least 4 members (excludes halogenated alkanes) is 1. The molecule has 0 aromatic heterocycles. The Balaban J connectivity index is 1.45. The van der Waals surface area contributed by atoms with Crippen molar-refractivity contribution < 1.29 is 19.4 Å². The van der Waals surface area contributed by atoms with Gasteiger partial charge in [-0.25, -0.2) is 0 Å². The van der Waals surface area contributed by atoms with Crippen LogP contribution in [0.1, 0.15) is 33.6 Å². The minimum Gasteiger partial charge on any atom is -0.328 e. The van der Waals surface area contributed by atoms with E-state index in [4.69, 9.17) is 0 Å². The Bertz CT molecular complexity index is 530. The summed E-state index contributed by atoms with van der Waals surface area (Å²) in [5.74, 6) is -0.257. The van der Waals surface area contributed by atoms with Gasteiger partial charge in [-0.15, -0.1) is 0 Å². The zero-order valence-corrected chi connectivity index (χ0v) is 13.2. The Labute approximate surface area is 131 Å². The summed E-state index contributed by atoms with van der Waals surface area (Å²) >= 11 is 0. The number of likely N-dealkylation sites (N-methyl/N-ethyl adjacent to an activating group) is 1. The van der Waals surface area contributed by atoms with Crippen LogP contribution in [0.25, 0.3) is 0 Å². The van der Waals surface area contributed by atoms with Gasteiger partial charge in [0.05, 0.1) is 24.7 Å². The van der Waals surface area contributed by atoms with Crippen molar-refractivity contribution in [2.45, 2.75) is 12.8 Å². The molecule has 1 fully saturated rings. The lowest BCUT2D eigenvalue weighted by Gasteiger charge is -2.27. The van der Waals surface area contributed by atoms with Gasteiger partial charge < -0.3 is 9.80 Å². The topological polar surface area (TPSA) is 46.3 Å². The van der Waals surface area contributed by atoms with Crippen LogP contribution in [0.5, 0.6) is 0 Å². The third-order valence-corrected chi connectivity index (χ3v) is 4.85. The summed E-state index contributed by atoms with van der Waals surface area (Å²) in [7, 11) is 2.25. The van der Waals surface area contributed by atoms with Crippen molar-refractivity contribution >= 4 is 11.8 Å². The Kier molecular flexibility index (Phi) is 4.55. The molecule has 0 saturated carbocycles. The molecule has 0 spiro atoms. The summed E-state index contributed by atoms with van der Waals surface area (Å²) in [5.41, 5.74) is 1.11. The fourth-order valence-electron chi connectivity index (χ4n) is 3.37. The molecule has 2 N–H and O–H groups in total. The summed E-state index contributed by atoms with van der Waals surface area (Å²) in [4.78, 5) is 29.2. The second-order valence-electron chi connectivity index (χ2n) is 6.47. The van der Waals surface area contributed by atoms with Gasteiger partial charge >= 0.3 is 0 Å². The van der Waals surface area contributed by atoms with Crippen molar-refractivity contribution in [3.05, 3.63) is 35.4 Å². The molecule has 22 heavy (non-hydrogen) atoms. The van der Waals surface area contributed by atoms with E-state index < -0.39 is 0 Å². The molecule has 2 amide bonds. The first-order valence-electron chi connectivity index (χ1n) is 8.27. The van der Waals surface area contributed by atoms with Crippen LogP contribution in [0.2, 0.25) is 0 Å². The highest BCUT2D eigenvalue weighted by Gasteiger charge is 2.34. The van der Waals surface area contributed by atoms with Gasteiger partial charge in [0.25, 0.3) is 11.8 Å². The molecule has 1 saturated heterocycles. The average Bonchev–Trinajstić information content (AvgIpc) is 2.78. The van der Waals surface area contributed by atoms with Gasteiger partial charge in [-0.05, 0) is 25.0 Å². The zero-order chi connectivity index (χ0) is 15.5. The van der Waals surface area contributed by atoms with Gasteiger partial charge in [0.1, 0.15) is 26.2 Å². The molecule has 2 aliphatic rings. The maximum atomic E-state index is 12.2. The summed E-state index contributed by atoms with van der Waals surface area (Å²) in [6.45, 7) is 6.65. The fourth-order valence-corrected chi connectivity index (χ4v) is 3.37. The molecule has 0 unspecified atom stereocenters. The van der Waals surface area contributed by atoms with E-state index in [0.717, 1.165) is 19.4 Å². The number of carbonyl (C=O) groups is 2. The molecule has 2 heterocycles. The Morgan fingerprint density at radius 3 is 2.14 bits per heavy atom. The second kappa shape index (κ2) is 6.58. The SMILES string of the molecule is C[NH+]1CC[NH+](CCCCN2C(=O)c3ccccc3C2=O)CC1. The number of piperazine rings is 1. The zero-order valence-electron chi connectivity index (χ0n) is 13.2. The third-order valence-electron chi connectivity index (χ3n) is 4.85. The largest absolute Gasteiger partial charge is 0.328 e. The molecule has 0 aliphatic carbocycles. The van der Waals surface area contributed by atoms with Gasteiger partial charge in [0.15, 0.2) is 0 Å². The second-order valence-corrected chi connectivity index (χ2v) is 6.47. The number of imide groups is 1. The van der Waals surface area contributed by atoms with Crippen LogP contribution in [0.4, 0.5) is 0 Å². The van der Waals surface area contributed by atoms with E-state index in [0.29, 0.717) is 17.7 Å². The molecule has 0 bridgehead atoms. The van der Waals surface area contributed by atoms with Crippen LogP contribution in [0.15, 0.2) is 24.3 Å². The van der Waals surface area contributed by atoms with Crippen LogP contribution in [0, 0.1) is 0 Å². The highest BCUT2D eigenvalue weighted by Crippen LogP contribution is 2.22. The first kappa shape index (κ1) is 15.2. The van der Waals surface area contributed by atoms with Gasteiger partial charge in [-0.3, -0.25) is 14.5 Å². The number of nitrogens with zero attached hydrogens (tertiary/aromatic N) is 1. The minimum atomic E-state index is -0.129. The molecule has 5 heteroatoms. The fraction of sp³-hybridized carbons (Fsp3) is 0.529. The summed E-state index contributed by atoms with van der Waals surface area (Å²) in [6.07, 6.45) is 1.97. The lowest BCUT2D eigenvalue weighted by atomic mass is 10.1. The standard InChI is InChI=1S/C17H23N3O2/c1-18-10-12-19(13-11-18)8-4-5-9-20-16(21)14-6-2-3-7-15(14)17(20)22/h2-3,6-7H,4-5,8-13H2,1H3/p+2. The number of quaternary nitrogens is 2. The molecule has 1 aromatic carbocycles. The highest BCUT2D eigenvalue weighted by atomic mass is 16.2. The molecule has 118 valence electrons. The molecule has 3 rings (SSSR count). The van der Waals surface area contributed by atoms with Crippen molar-refractivity contribution in [3.63, 3.8) is 0 Å². The van der Waals surface area contributed by atoms with E-state index in [2.05, 4.69) is 7.05 Å². The van der Waals surface area contributed by atoms with Gasteiger partial charge in [-0.1, -0.05) is 12.1 Å². The average molecular weight is 303 g/mol. The van der Waals surface area contributed by atoms with Gasteiger partial charge in [0, 0.05) is 6.54 Å². The molecule has 1 aromatic rings. The summed E-state index contributed by atoms with van der Waals surface area (Å²) < 4.78 is 0. The number of rotatable bonds is 5. The number of hydrogen-bond donors (Lipinski definition) is 2. The lowest BCUT2D eigenvalue weighted by Crippen LogP contribution is -3.27. The lowest BCUT2D eigenvalue weighted by molar-refractivity contribution is -1.00. The summed E-state index contributed by atoms with van der Waals surface area (Å²) in [5, 5.41) is 0. The number of hydrogen-bond acceptors (Lipinski definition) is 2. The predicted octanol–water partition coefficient (Wildman–Crippen LogP) is -1.52. The van der Waals surface area contributed by atoms with Gasteiger partial charge in [-0.2, -0.15) is 0 Å². The number of carbonyl (C=O) groups excluding carboxylic acids is 2. The quantitative estimate of drug-likeness (QED) is 0.512. The van der Waals surface area contributed by atoms with Crippen LogP contribution in [0.3, 0.4) is 0 Å². The van der Waals surface area contributed by atoms with Crippen LogP contribution >= 0.6 is 0 Å². The van der Waals surface area contributed by atoms with Crippen molar-refractivity contribution in [1.82, 2.24) is 4.90 Å². The Morgan fingerprint density at radius 1 is 0.955 bits per heavy atom. The predicted molar refractivity (Wildman–Crippen MR) is 83.2 cm³/mol. The molecule has 5 nitrogen and oxygen atoms in total. The summed E-state index contributed by atoms with van der Waals surface area (Å²) in [6, 6.07) is 7.11. The van der Waals surface area contributed by atoms with E-state index in [1.54, 1.807) is 21.9 Å². The number of fused-ring (bicyclic) bond motifs is 1. The maximum Gasteiger partial charge on any atom is 0.261 e. The molecule has 2 aliphatic heterocycles. The molecular formula is C17H25N3O2+2. The van der Waals surface area contributed by atoms with Crippen molar-refractivity contribution in [2.24, 2.45) is 0 Å². The van der Waals surface area contributed by atoms with Crippen LogP contribution in [-0.4, -0.2) is 63.0 Å². The molecular weight excluding hydrogens is 278 g/mol. The third kappa shape index (κ3) is 3.05. The number of amides is 2. The minimum absolute atomic E-state index is 0.129. The monoisotopic (exact) mass is 303 g/mol. The normalized spacial score (nSPS) is 24.7. The first-order chi connectivity index (χ1) is 10.7. The van der Waals surface area contributed by atoms with E-state index in [-0.39, 0.29) is 11.8 Å². The van der Waals surface area contributed by atoms with E-state index in [9.17, 15) is 9.59 Å². The maximum absolute atomic E-state index is 12.2. The smallest absolute Gasteiger partial charge is 0.261 e. The van der Waals surface area contributed by atoms with Crippen LogP contribution < -0.4 is 9.80 Å².